The fourth-order valence-corrected chi connectivity index (χ4v) is 4.38. The molecule has 164 valence electrons. The van der Waals surface area contributed by atoms with E-state index in [2.05, 4.69) is 20.5 Å². The Labute approximate surface area is 179 Å². The second-order valence-corrected chi connectivity index (χ2v) is 8.49. The summed E-state index contributed by atoms with van der Waals surface area (Å²) in [6.45, 7) is 4.62. The highest BCUT2D eigenvalue weighted by atomic mass is 32.2. The van der Waals surface area contributed by atoms with Gasteiger partial charge in [-0.2, -0.15) is 4.72 Å². The van der Waals surface area contributed by atoms with Gasteiger partial charge in [-0.25, -0.2) is 8.42 Å². The van der Waals surface area contributed by atoms with Gasteiger partial charge in [-0.1, -0.05) is 17.3 Å². The van der Waals surface area contributed by atoms with Crippen molar-refractivity contribution < 1.29 is 26.9 Å². The van der Waals surface area contributed by atoms with Gasteiger partial charge in [-0.05, 0) is 50.6 Å². The molecule has 0 saturated heterocycles. The Bertz CT molecular complexity index is 1150. The number of benzene rings is 1. The lowest BCUT2D eigenvalue weighted by Crippen LogP contribution is -2.44. The van der Waals surface area contributed by atoms with Crippen LogP contribution in [0.2, 0.25) is 0 Å². The summed E-state index contributed by atoms with van der Waals surface area (Å²) in [6.07, 6.45) is 1.41. The maximum Gasteiger partial charge on any atom is 0.291 e. The van der Waals surface area contributed by atoms with Crippen LogP contribution in [0, 0.1) is 13.8 Å². The minimum atomic E-state index is -3.96. The molecular weight excluding hydrogens is 424 g/mol. The molecule has 2 aromatic heterocycles. The van der Waals surface area contributed by atoms with Gasteiger partial charge in [0.25, 0.3) is 5.91 Å². The summed E-state index contributed by atoms with van der Waals surface area (Å²) in [6, 6.07) is 9.01. The molecule has 31 heavy (non-hydrogen) atoms. The molecule has 2 amide bonds. The van der Waals surface area contributed by atoms with Gasteiger partial charge in [-0.3, -0.25) is 9.59 Å². The van der Waals surface area contributed by atoms with E-state index in [1.165, 1.54) is 27.0 Å². The van der Waals surface area contributed by atoms with Crippen LogP contribution in [0.15, 0.2) is 56.5 Å². The van der Waals surface area contributed by atoms with Crippen molar-refractivity contribution in [2.75, 3.05) is 5.32 Å². The number of amides is 2. The molecule has 0 aliphatic carbocycles. The lowest BCUT2D eigenvalue weighted by Gasteiger charge is -2.14. The standard InChI is InChI=1S/C20H22N4O6S/c1-12-18(14(3)30-23-12)31(27,28)24-13(2)19(25)21-11-15-6-8-16(9-7-15)22-20(26)17-5-4-10-29-17/h4-10,13,24H,11H2,1-3H3,(H,21,25)(H,22,26)/t13-/m0/s1. The molecule has 0 unspecified atom stereocenters. The van der Waals surface area contributed by atoms with Crippen molar-refractivity contribution in [1.29, 1.82) is 0 Å². The fourth-order valence-electron chi connectivity index (χ4n) is 2.85. The average Bonchev–Trinajstić information content (AvgIpc) is 3.37. The van der Waals surface area contributed by atoms with Gasteiger partial charge >= 0.3 is 0 Å². The molecule has 10 nitrogen and oxygen atoms in total. The molecule has 3 rings (SSSR count). The highest BCUT2D eigenvalue weighted by Gasteiger charge is 2.28. The third-order valence-electron chi connectivity index (χ3n) is 4.39. The number of aromatic nitrogens is 1. The van der Waals surface area contributed by atoms with Crippen LogP contribution >= 0.6 is 0 Å². The first-order valence-electron chi connectivity index (χ1n) is 9.34. The zero-order chi connectivity index (χ0) is 22.6. The van der Waals surface area contributed by atoms with E-state index in [0.29, 0.717) is 5.69 Å². The zero-order valence-electron chi connectivity index (χ0n) is 17.1. The largest absolute Gasteiger partial charge is 0.459 e. The molecule has 3 aromatic rings. The van der Waals surface area contributed by atoms with Gasteiger partial charge in [0.1, 0.15) is 10.6 Å². The van der Waals surface area contributed by atoms with Crippen LogP contribution in [0.3, 0.4) is 0 Å². The Morgan fingerprint density at radius 1 is 1.13 bits per heavy atom. The van der Waals surface area contributed by atoms with Gasteiger partial charge in [0.05, 0.1) is 12.3 Å². The second-order valence-electron chi connectivity index (χ2n) is 6.84. The van der Waals surface area contributed by atoms with Crippen LogP contribution in [0.25, 0.3) is 0 Å². The van der Waals surface area contributed by atoms with Crippen LogP contribution in [-0.2, 0) is 21.4 Å². The van der Waals surface area contributed by atoms with Crippen molar-refractivity contribution in [1.82, 2.24) is 15.2 Å². The Kier molecular flexibility index (Phi) is 6.56. The summed E-state index contributed by atoms with van der Waals surface area (Å²) >= 11 is 0. The quantitative estimate of drug-likeness (QED) is 0.481. The molecule has 0 saturated carbocycles. The number of sulfonamides is 1. The molecule has 0 fully saturated rings. The van der Waals surface area contributed by atoms with E-state index in [1.807, 2.05) is 0 Å². The van der Waals surface area contributed by atoms with Crippen LogP contribution in [-0.4, -0.2) is 31.4 Å². The van der Waals surface area contributed by atoms with Crippen molar-refractivity contribution in [3.8, 4) is 0 Å². The molecule has 1 atom stereocenters. The minimum absolute atomic E-state index is 0.0701. The molecule has 0 aliphatic rings. The van der Waals surface area contributed by atoms with E-state index in [0.717, 1.165) is 5.56 Å². The Hall–Kier alpha value is -3.44. The Morgan fingerprint density at radius 2 is 1.84 bits per heavy atom. The van der Waals surface area contributed by atoms with Crippen molar-refractivity contribution in [2.45, 2.75) is 38.3 Å². The van der Waals surface area contributed by atoms with Crippen molar-refractivity contribution in [3.05, 3.63) is 65.4 Å². The van der Waals surface area contributed by atoms with Gasteiger partial charge in [0.2, 0.25) is 15.9 Å². The maximum atomic E-state index is 12.5. The highest BCUT2D eigenvalue weighted by molar-refractivity contribution is 7.89. The lowest BCUT2D eigenvalue weighted by atomic mass is 10.2. The zero-order valence-corrected chi connectivity index (χ0v) is 17.9. The second kappa shape index (κ2) is 9.14. The third kappa shape index (κ3) is 5.38. The molecule has 0 radical (unpaired) electrons. The molecular formula is C20H22N4O6S. The summed E-state index contributed by atoms with van der Waals surface area (Å²) in [5.41, 5.74) is 1.55. The number of anilines is 1. The average molecular weight is 446 g/mol. The predicted molar refractivity (Wildman–Crippen MR) is 111 cm³/mol. The Morgan fingerprint density at radius 3 is 2.42 bits per heavy atom. The van der Waals surface area contributed by atoms with E-state index >= 15 is 0 Å². The summed E-state index contributed by atoms with van der Waals surface area (Å²) in [7, 11) is -3.96. The Balaban J connectivity index is 1.53. The number of hydrogen-bond donors (Lipinski definition) is 3. The molecule has 2 heterocycles. The van der Waals surface area contributed by atoms with Crippen molar-refractivity contribution in [3.63, 3.8) is 0 Å². The first kappa shape index (κ1) is 22.2. The molecule has 1 aromatic carbocycles. The van der Waals surface area contributed by atoms with Gasteiger partial charge < -0.3 is 19.6 Å². The van der Waals surface area contributed by atoms with Gasteiger partial charge in [-0.15, -0.1) is 0 Å². The van der Waals surface area contributed by atoms with E-state index in [9.17, 15) is 18.0 Å². The summed E-state index contributed by atoms with van der Waals surface area (Å²) in [5.74, 6) is -0.516. The summed E-state index contributed by atoms with van der Waals surface area (Å²) in [4.78, 5) is 24.2. The fraction of sp³-hybridized carbons (Fsp3) is 0.250. The SMILES string of the molecule is Cc1noc(C)c1S(=O)(=O)N[C@@H](C)C(=O)NCc1ccc(NC(=O)c2ccco2)cc1. The smallest absolute Gasteiger partial charge is 0.291 e. The number of carbonyl (C=O) groups excluding carboxylic acids is 2. The number of hydrogen-bond acceptors (Lipinski definition) is 7. The van der Waals surface area contributed by atoms with Crippen molar-refractivity contribution >= 4 is 27.5 Å². The third-order valence-corrected chi connectivity index (χ3v) is 6.17. The highest BCUT2D eigenvalue weighted by Crippen LogP contribution is 2.19. The summed E-state index contributed by atoms with van der Waals surface area (Å²) in [5, 5.41) is 8.99. The first-order chi connectivity index (χ1) is 14.7. The van der Waals surface area contributed by atoms with Crippen LogP contribution < -0.4 is 15.4 Å². The number of rotatable bonds is 8. The van der Waals surface area contributed by atoms with E-state index in [-0.39, 0.29) is 34.6 Å². The normalized spacial score (nSPS) is 12.4. The monoisotopic (exact) mass is 446 g/mol. The molecule has 0 spiro atoms. The number of furan rings is 1. The number of nitrogens with zero attached hydrogens (tertiary/aromatic N) is 1. The van der Waals surface area contributed by atoms with E-state index in [4.69, 9.17) is 8.94 Å². The van der Waals surface area contributed by atoms with Gasteiger partial charge in [0, 0.05) is 12.2 Å². The summed E-state index contributed by atoms with van der Waals surface area (Å²) < 4.78 is 37.2. The number of nitrogens with one attached hydrogen (secondary N) is 3. The predicted octanol–water partition coefficient (Wildman–Crippen LogP) is 2.12. The maximum absolute atomic E-state index is 12.5. The molecule has 0 aliphatic heterocycles. The van der Waals surface area contributed by atoms with E-state index in [1.54, 1.807) is 36.4 Å². The lowest BCUT2D eigenvalue weighted by molar-refractivity contribution is -0.122. The van der Waals surface area contributed by atoms with E-state index < -0.39 is 22.0 Å². The van der Waals surface area contributed by atoms with Crippen LogP contribution in [0.4, 0.5) is 5.69 Å². The topological polar surface area (TPSA) is 144 Å². The first-order valence-corrected chi connectivity index (χ1v) is 10.8. The van der Waals surface area contributed by atoms with Crippen LogP contribution in [0.5, 0.6) is 0 Å². The van der Waals surface area contributed by atoms with Crippen molar-refractivity contribution in [2.24, 2.45) is 0 Å². The molecule has 0 bridgehead atoms. The molecule has 3 N–H and O–H groups in total. The molecule has 11 heteroatoms. The number of aryl methyl sites for hydroxylation is 2. The van der Waals surface area contributed by atoms with Crippen LogP contribution in [0.1, 0.15) is 34.5 Å². The minimum Gasteiger partial charge on any atom is -0.459 e. The van der Waals surface area contributed by atoms with Gasteiger partial charge in [0.15, 0.2) is 11.5 Å². The number of carbonyl (C=O) groups is 2.